The number of hydrogen-bond donors (Lipinski definition) is 0. The maximum absolute atomic E-state index is 6.15. The molecule has 0 aliphatic carbocycles. The Labute approximate surface area is 258 Å². The summed E-state index contributed by atoms with van der Waals surface area (Å²) in [6.07, 6.45) is 0. The minimum Gasteiger partial charge on any atom is -0.457 e. The van der Waals surface area contributed by atoms with Crippen LogP contribution in [-0.4, -0.2) is 0 Å². The molecular formula is C42H30O2. The largest absolute Gasteiger partial charge is 0.457 e. The number of benzene rings is 7. The predicted molar refractivity (Wildman–Crippen MR) is 181 cm³/mol. The molecule has 0 aromatic heterocycles. The van der Waals surface area contributed by atoms with Crippen molar-refractivity contribution >= 4 is 0 Å². The molecule has 7 aromatic rings. The fraction of sp³-hybridized carbons (Fsp3) is 0. The highest BCUT2D eigenvalue weighted by molar-refractivity contribution is 5.79. The fourth-order valence-electron chi connectivity index (χ4n) is 5.34. The molecule has 7 aromatic carbocycles. The van der Waals surface area contributed by atoms with Gasteiger partial charge in [-0.1, -0.05) is 121 Å². The van der Waals surface area contributed by atoms with E-state index in [9.17, 15) is 0 Å². The van der Waals surface area contributed by atoms with E-state index in [0.717, 1.165) is 34.1 Å². The van der Waals surface area contributed by atoms with Crippen LogP contribution < -0.4 is 9.47 Å². The van der Waals surface area contributed by atoms with Crippen LogP contribution in [0.5, 0.6) is 23.0 Å². The summed E-state index contributed by atoms with van der Waals surface area (Å²) in [6, 6.07) is 62.4. The van der Waals surface area contributed by atoms with Crippen LogP contribution in [0.15, 0.2) is 182 Å². The Balaban J connectivity index is 1.08. The van der Waals surface area contributed by atoms with E-state index in [1.165, 1.54) is 33.4 Å². The molecule has 0 fully saturated rings. The van der Waals surface area contributed by atoms with E-state index in [-0.39, 0.29) is 0 Å². The van der Waals surface area contributed by atoms with Crippen molar-refractivity contribution in [1.29, 1.82) is 0 Å². The molecule has 2 heteroatoms. The van der Waals surface area contributed by atoms with Crippen molar-refractivity contribution in [2.45, 2.75) is 0 Å². The molecule has 0 N–H and O–H groups in total. The van der Waals surface area contributed by atoms with Crippen molar-refractivity contribution in [3.05, 3.63) is 182 Å². The molecule has 0 saturated heterocycles. The van der Waals surface area contributed by atoms with Crippen molar-refractivity contribution in [2.75, 3.05) is 0 Å². The standard InChI is InChI=1S/C42H30O2/c1-3-11-31(12-4-1)33-13-7-15-35(27-33)37-17-9-18-38(29-37)36-16-8-14-34(28-36)32-23-25-40(26-24-32)44-42-22-10-21-41(30-42)43-39-19-5-2-6-20-39/h1-30H. The van der Waals surface area contributed by atoms with E-state index in [2.05, 4.69) is 115 Å². The Hall–Kier alpha value is -5.86. The minimum absolute atomic E-state index is 0.724. The highest BCUT2D eigenvalue weighted by Crippen LogP contribution is 2.33. The SMILES string of the molecule is c1ccc(Oc2cccc(Oc3ccc(-c4cccc(-c5cccc(-c6cccc(-c7ccccc7)c6)c5)c4)cc3)c2)cc1. The summed E-state index contributed by atoms with van der Waals surface area (Å²) < 4.78 is 12.1. The van der Waals surface area contributed by atoms with E-state index in [1.807, 2.05) is 66.7 Å². The van der Waals surface area contributed by atoms with Gasteiger partial charge >= 0.3 is 0 Å². The number of hydrogen-bond acceptors (Lipinski definition) is 2. The second-order valence-electron chi connectivity index (χ2n) is 10.6. The van der Waals surface area contributed by atoms with Gasteiger partial charge in [0.2, 0.25) is 0 Å². The van der Waals surface area contributed by atoms with E-state index in [4.69, 9.17) is 9.47 Å². The van der Waals surface area contributed by atoms with Crippen LogP contribution in [0.3, 0.4) is 0 Å². The van der Waals surface area contributed by atoms with Crippen LogP contribution in [0.1, 0.15) is 0 Å². The molecule has 0 unspecified atom stereocenters. The first-order valence-corrected chi connectivity index (χ1v) is 14.7. The molecule has 2 nitrogen and oxygen atoms in total. The molecule has 0 amide bonds. The van der Waals surface area contributed by atoms with Gasteiger partial charge in [0.15, 0.2) is 0 Å². The lowest BCUT2D eigenvalue weighted by atomic mass is 9.95. The first-order valence-electron chi connectivity index (χ1n) is 14.7. The molecule has 0 saturated carbocycles. The molecule has 210 valence electrons. The first kappa shape index (κ1) is 27.0. The second-order valence-corrected chi connectivity index (χ2v) is 10.6. The summed E-state index contributed by atoms with van der Waals surface area (Å²) in [5.74, 6) is 3.02. The Morgan fingerprint density at radius 1 is 0.205 bits per heavy atom. The topological polar surface area (TPSA) is 18.5 Å². The monoisotopic (exact) mass is 566 g/mol. The average Bonchev–Trinajstić information content (AvgIpc) is 3.10. The predicted octanol–water partition coefficient (Wildman–Crippen LogP) is 11.9. The zero-order valence-corrected chi connectivity index (χ0v) is 24.1. The Bertz CT molecular complexity index is 1990. The molecule has 0 aliphatic rings. The maximum atomic E-state index is 6.15. The van der Waals surface area contributed by atoms with Crippen LogP contribution in [0.2, 0.25) is 0 Å². The molecular weight excluding hydrogens is 536 g/mol. The van der Waals surface area contributed by atoms with Crippen LogP contribution in [0.4, 0.5) is 0 Å². The highest BCUT2D eigenvalue weighted by atomic mass is 16.5. The van der Waals surface area contributed by atoms with Crippen molar-refractivity contribution in [2.24, 2.45) is 0 Å². The van der Waals surface area contributed by atoms with Gasteiger partial charge in [0.25, 0.3) is 0 Å². The van der Waals surface area contributed by atoms with Crippen molar-refractivity contribution in [3.8, 4) is 67.5 Å². The fourth-order valence-corrected chi connectivity index (χ4v) is 5.34. The zero-order chi connectivity index (χ0) is 29.6. The van der Waals surface area contributed by atoms with Gasteiger partial charge in [-0.15, -0.1) is 0 Å². The van der Waals surface area contributed by atoms with Crippen LogP contribution in [0, 0.1) is 0 Å². The van der Waals surface area contributed by atoms with Crippen LogP contribution >= 0.6 is 0 Å². The van der Waals surface area contributed by atoms with E-state index < -0.39 is 0 Å². The second kappa shape index (κ2) is 12.6. The van der Waals surface area contributed by atoms with Gasteiger partial charge in [-0.25, -0.2) is 0 Å². The zero-order valence-electron chi connectivity index (χ0n) is 24.1. The first-order chi connectivity index (χ1) is 21.8. The normalized spacial score (nSPS) is 10.7. The van der Waals surface area contributed by atoms with Crippen molar-refractivity contribution in [1.82, 2.24) is 0 Å². The Morgan fingerprint density at radius 2 is 0.523 bits per heavy atom. The van der Waals surface area contributed by atoms with E-state index >= 15 is 0 Å². The van der Waals surface area contributed by atoms with E-state index in [1.54, 1.807) is 0 Å². The van der Waals surface area contributed by atoms with E-state index in [0.29, 0.717) is 0 Å². The van der Waals surface area contributed by atoms with Gasteiger partial charge < -0.3 is 9.47 Å². The van der Waals surface area contributed by atoms with Gasteiger partial charge in [0, 0.05) is 6.07 Å². The highest BCUT2D eigenvalue weighted by Gasteiger charge is 2.07. The summed E-state index contributed by atoms with van der Waals surface area (Å²) in [4.78, 5) is 0. The summed E-state index contributed by atoms with van der Waals surface area (Å²) in [6.45, 7) is 0. The Morgan fingerprint density at radius 3 is 1.00 bits per heavy atom. The van der Waals surface area contributed by atoms with Gasteiger partial charge in [0.05, 0.1) is 0 Å². The maximum Gasteiger partial charge on any atom is 0.131 e. The van der Waals surface area contributed by atoms with Crippen molar-refractivity contribution < 1.29 is 9.47 Å². The summed E-state index contributed by atoms with van der Waals surface area (Å²) in [5, 5.41) is 0. The van der Waals surface area contributed by atoms with Gasteiger partial charge in [0.1, 0.15) is 23.0 Å². The molecule has 7 rings (SSSR count). The van der Waals surface area contributed by atoms with Gasteiger partial charge in [-0.3, -0.25) is 0 Å². The molecule has 0 atom stereocenters. The lowest BCUT2D eigenvalue weighted by Crippen LogP contribution is -1.87. The summed E-state index contributed by atoms with van der Waals surface area (Å²) >= 11 is 0. The third-order valence-electron chi connectivity index (χ3n) is 7.57. The number of rotatable bonds is 8. The quantitative estimate of drug-likeness (QED) is 0.182. The van der Waals surface area contributed by atoms with Gasteiger partial charge in [-0.05, 0) is 99.1 Å². The minimum atomic E-state index is 0.724. The third kappa shape index (κ3) is 6.30. The van der Waals surface area contributed by atoms with Crippen molar-refractivity contribution in [3.63, 3.8) is 0 Å². The lowest BCUT2D eigenvalue weighted by molar-refractivity contribution is 0.460. The molecule has 0 aliphatic heterocycles. The molecule has 0 radical (unpaired) electrons. The molecule has 0 spiro atoms. The Kier molecular flexibility index (Phi) is 7.71. The number of ether oxygens (including phenoxy) is 2. The van der Waals surface area contributed by atoms with Crippen LogP contribution in [0.25, 0.3) is 44.5 Å². The lowest BCUT2D eigenvalue weighted by Gasteiger charge is -2.11. The smallest absolute Gasteiger partial charge is 0.131 e. The average molecular weight is 567 g/mol. The molecule has 44 heavy (non-hydrogen) atoms. The summed E-state index contributed by atoms with van der Waals surface area (Å²) in [5.41, 5.74) is 9.50. The molecule has 0 bridgehead atoms. The van der Waals surface area contributed by atoms with Crippen LogP contribution in [-0.2, 0) is 0 Å². The molecule has 0 heterocycles. The third-order valence-corrected chi connectivity index (χ3v) is 7.57. The van der Waals surface area contributed by atoms with Gasteiger partial charge in [-0.2, -0.15) is 0 Å². The summed E-state index contributed by atoms with van der Waals surface area (Å²) in [7, 11) is 0. The number of para-hydroxylation sites is 1.